The van der Waals surface area contributed by atoms with Gasteiger partial charge in [-0.15, -0.1) is 0 Å². The summed E-state index contributed by atoms with van der Waals surface area (Å²) < 4.78 is 0. The number of nitrogens with zero attached hydrogens (tertiary/aromatic N) is 1. The van der Waals surface area contributed by atoms with Crippen molar-refractivity contribution in [2.45, 2.75) is 43.7 Å². The summed E-state index contributed by atoms with van der Waals surface area (Å²) in [5, 5.41) is 31.5. The molecule has 0 bridgehead atoms. The summed E-state index contributed by atoms with van der Waals surface area (Å²) in [5.74, 6) is -4.88. The van der Waals surface area contributed by atoms with Gasteiger partial charge in [-0.2, -0.15) is 0 Å². The second kappa shape index (κ2) is 14.7. The molecule has 0 spiro atoms. The Morgan fingerprint density at radius 1 is 0.949 bits per heavy atom. The third-order valence-corrected chi connectivity index (χ3v) is 5.76. The van der Waals surface area contributed by atoms with Crippen molar-refractivity contribution in [1.82, 2.24) is 20.9 Å². The third kappa shape index (κ3) is 10.1. The summed E-state index contributed by atoms with van der Waals surface area (Å²) in [7, 11) is 0. The van der Waals surface area contributed by atoms with Gasteiger partial charge in [0.2, 0.25) is 17.7 Å². The zero-order valence-corrected chi connectivity index (χ0v) is 21.1. The van der Waals surface area contributed by atoms with E-state index in [2.05, 4.69) is 20.9 Å². The number of aliphatic carboxylic acids is 1. The lowest BCUT2D eigenvalue weighted by Crippen LogP contribution is -2.54. The number of benzene rings is 1. The number of rotatable bonds is 15. The van der Waals surface area contributed by atoms with E-state index in [1.165, 1.54) is 12.4 Å². The molecule has 1 aromatic carbocycles. The van der Waals surface area contributed by atoms with Crippen molar-refractivity contribution in [3.63, 3.8) is 0 Å². The first-order chi connectivity index (χ1) is 18.5. The molecule has 0 aliphatic heterocycles. The van der Waals surface area contributed by atoms with E-state index in [9.17, 15) is 24.3 Å². The number of carboxylic acid groups (broad SMARTS) is 1. The summed E-state index contributed by atoms with van der Waals surface area (Å²) in [6.45, 7) is 0.254. The largest absolute Gasteiger partial charge is 0.481 e. The van der Waals surface area contributed by atoms with Crippen LogP contribution in [0, 0.1) is 10.8 Å². The average molecular weight is 540 g/mol. The topological polar surface area (TPSA) is 263 Å². The molecule has 1 aromatic heterocycles. The Hall–Kier alpha value is -5.01. The van der Waals surface area contributed by atoms with E-state index in [-0.39, 0.29) is 31.2 Å². The molecule has 3 atom stereocenters. The number of nitrogens with one attached hydrogen (secondary N) is 5. The molecule has 0 saturated carbocycles. The predicted molar refractivity (Wildman–Crippen MR) is 143 cm³/mol. The number of nitrogen functional groups attached to an aromatic ring is 1. The second-order valence-corrected chi connectivity index (χ2v) is 8.76. The fourth-order valence-corrected chi connectivity index (χ4v) is 3.74. The number of nitrogens with two attached hydrogens (primary N) is 3. The summed E-state index contributed by atoms with van der Waals surface area (Å²) in [6.07, 6.45) is 2.92. The molecule has 0 aliphatic carbocycles. The lowest BCUT2D eigenvalue weighted by atomic mass is 9.91. The maximum absolute atomic E-state index is 13.4. The third-order valence-electron chi connectivity index (χ3n) is 5.76. The number of carbonyl (C=O) groups is 4. The number of amides is 3. The minimum Gasteiger partial charge on any atom is -0.481 e. The molecule has 1 heterocycles. The molecule has 14 heteroatoms. The highest BCUT2D eigenvalue weighted by Gasteiger charge is 2.30. The summed E-state index contributed by atoms with van der Waals surface area (Å²) in [4.78, 5) is 53.8. The number of primary amides is 1. The summed E-state index contributed by atoms with van der Waals surface area (Å²) >= 11 is 0. The summed E-state index contributed by atoms with van der Waals surface area (Å²) in [6, 6.07) is 7.43. The highest BCUT2D eigenvalue weighted by Crippen LogP contribution is 2.22. The molecule has 14 nitrogen and oxygen atoms in total. The van der Waals surface area contributed by atoms with Crippen LogP contribution in [0.3, 0.4) is 0 Å². The van der Waals surface area contributed by atoms with E-state index >= 15 is 0 Å². The Morgan fingerprint density at radius 3 is 2.15 bits per heavy atom. The number of guanidine groups is 1. The molecule has 39 heavy (non-hydrogen) atoms. The zero-order chi connectivity index (χ0) is 28.9. The van der Waals surface area contributed by atoms with Gasteiger partial charge in [0.25, 0.3) is 0 Å². The Morgan fingerprint density at radius 2 is 1.62 bits per heavy atom. The van der Waals surface area contributed by atoms with Crippen LogP contribution in [0.1, 0.15) is 41.9 Å². The lowest BCUT2D eigenvalue weighted by Gasteiger charge is -2.24. The Balaban J connectivity index is 2.21. The molecule has 3 amide bonds. The number of carbonyl (C=O) groups excluding carboxylic acids is 3. The maximum Gasteiger partial charge on any atom is 0.305 e. The van der Waals surface area contributed by atoms with E-state index in [0.717, 1.165) is 5.56 Å². The van der Waals surface area contributed by atoms with Gasteiger partial charge in [-0.3, -0.25) is 35.0 Å². The zero-order valence-electron chi connectivity index (χ0n) is 21.1. The SMILES string of the molecule is N=C(N)NCCC[C@H](NC(=O)[C@H](CC(=O)O)NC(=O)[C@@H](Cc1ccc(C(=N)N)cc1)c1cccnc1)C(N)=O. The van der Waals surface area contributed by atoms with Crippen molar-refractivity contribution in [2.24, 2.45) is 17.2 Å². The van der Waals surface area contributed by atoms with Crippen molar-refractivity contribution in [1.29, 1.82) is 10.8 Å². The van der Waals surface area contributed by atoms with Crippen molar-refractivity contribution >= 4 is 35.5 Å². The molecule has 0 unspecified atom stereocenters. The number of pyridine rings is 1. The summed E-state index contributed by atoms with van der Waals surface area (Å²) in [5.41, 5.74) is 17.9. The van der Waals surface area contributed by atoms with Gasteiger partial charge < -0.3 is 38.3 Å². The molecule has 2 rings (SSSR count). The number of carboxylic acids is 1. The fourth-order valence-electron chi connectivity index (χ4n) is 3.74. The minimum absolute atomic E-state index is 0.101. The first-order valence-electron chi connectivity index (χ1n) is 12.0. The molecule has 2 aromatic rings. The van der Waals surface area contributed by atoms with Crippen LogP contribution in [0.5, 0.6) is 0 Å². The number of hydrogen-bond donors (Lipinski definition) is 9. The van der Waals surface area contributed by atoms with Crippen molar-refractivity contribution < 1.29 is 24.3 Å². The number of aromatic nitrogens is 1. The van der Waals surface area contributed by atoms with E-state index < -0.39 is 48.1 Å². The fraction of sp³-hybridized carbons (Fsp3) is 0.320. The molecular weight excluding hydrogens is 506 g/mol. The Kier molecular flexibility index (Phi) is 11.4. The van der Waals surface area contributed by atoms with Gasteiger partial charge in [-0.25, -0.2) is 0 Å². The second-order valence-electron chi connectivity index (χ2n) is 8.76. The van der Waals surface area contributed by atoms with Crippen LogP contribution in [-0.2, 0) is 25.6 Å². The molecule has 0 aliphatic rings. The van der Waals surface area contributed by atoms with Crippen LogP contribution in [0.4, 0.5) is 0 Å². The predicted octanol–water partition coefficient (Wildman–Crippen LogP) is -1.12. The normalized spacial score (nSPS) is 12.8. The quantitative estimate of drug-likeness (QED) is 0.0753. The monoisotopic (exact) mass is 539 g/mol. The van der Waals surface area contributed by atoms with E-state index in [4.69, 9.17) is 28.0 Å². The molecule has 0 radical (unpaired) electrons. The van der Waals surface area contributed by atoms with Crippen LogP contribution in [0.15, 0.2) is 48.8 Å². The maximum atomic E-state index is 13.4. The first kappa shape index (κ1) is 30.2. The minimum atomic E-state index is -1.49. The smallest absolute Gasteiger partial charge is 0.305 e. The van der Waals surface area contributed by atoms with Crippen molar-refractivity contribution in [2.75, 3.05) is 6.54 Å². The van der Waals surface area contributed by atoms with Crippen LogP contribution >= 0.6 is 0 Å². The Bertz CT molecular complexity index is 1190. The molecule has 208 valence electrons. The average Bonchev–Trinajstić information content (AvgIpc) is 2.88. The van der Waals surface area contributed by atoms with Gasteiger partial charge in [0.05, 0.1) is 12.3 Å². The van der Waals surface area contributed by atoms with Gasteiger partial charge in [0.15, 0.2) is 5.96 Å². The van der Waals surface area contributed by atoms with Crippen LogP contribution in [0.2, 0.25) is 0 Å². The van der Waals surface area contributed by atoms with Crippen LogP contribution < -0.4 is 33.2 Å². The lowest BCUT2D eigenvalue weighted by molar-refractivity contribution is -0.141. The molecule has 0 fully saturated rings. The first-order valence-corrected chi connectivity index (χ1v) is 12.0. The Labute approximate surface area is 224 Å². The molecule has 0 saturated heterocycles. The van der Waals surface area contributed by atoms with Gasteiger partial charge >= 0.3 is 5.97 Å². The highest BCUT2D eigenvalue weighted by molar-refractivity contribution is 5.96. The molecule has 12 N–H and O–H groups in total. The van der Waals surface area contributed by atoms with E-state index in [0.29, 0.717) is 17.5 Å². The van der Waals surface area contributed by atoms with Crippen LogP contribution in [-0.4, -0.2) is 64.2 Å². The standard InChI is InChI=1S/C25H33N9O5/c26-21(27)15-7-5-14(6-8-15)11-17(16-3-1-9-31-13-16)23(38)34-19(12-20(35)36)24(39)33-18(22(28)37)4-2-10-32-25(29)30/h1,3,5-9,13,17-19H,2,4,10-12H2,(H3,26,27)(H2,28,37)(H,33,39)(H,34,38)(H,35,36)(H4,29,30,32)/t17-,18-,19-/m0/s1. The van der Waals surface area contributed by atoms with E-state index in [1.807, 2.05) is 0 Å². The highest BCUT2D eigenvalue weighted by atomic mass is 16.4. The van der Waals surface area contributed by atoms with Crippen molar-refractivity contribution in [3.8, 4) is 0 Å². The molecular formula is C25H33N9O5. The van der Waals surface area contributed by atoms with Crippen LogP contribution in [0.25, 0.3) is 0 Å². The van der Waals surface area contributed by atoms with Gasteiger partial charge in [-0.1, -0.05) is 30.3 Å². The van der Waals surface area contributed by atoms with Gasteiger partial charge in [0.1, 0.15) is 17.9 Å². The van der Waals surface area contributed by atoms with Gasteiger partial charge in [0, 0.05) is 24.5 Å². The van der Waals surface area contributed by atoms with E-state index in [1.54, 1.807) is 36.4 Å². The number of hydrogen-bond acceptors (Lipinski definition) is 7. The van der Waals surface area contributed by atoms with Gasteiger partial charge in [-0.05, 0) is 36.5 Å². The van der Waals surface area contributed by atoms with Crippen molar-refractivity contribution in [3.05, 3.63) is 65.5 Å². The number of amidine groups is 1.